The topological polar surface area (TPSA) is 0 Å². The molecule has 0 N–H and O–H groups in total. The van der Waals surface area contributed by atoms with Gasteiger partial charge in [0.05, 0.1) is 0 Å². The smallest absolute Gasteiger partial charge is 0.0195 e. The largest absolute Gasteiger partial charge is 0.0746 e. The summed E-state index contributed by atoms with van der Waals surface area (Å²) in [6.45, 7) is 0. The molecule has 5 aromatic rings. The van der Waals surface area contributed by atoms with Crippen LogP contribution in [0.3, 0.4) is 0 Å². The van der Waals surface area contributed by atoms with E-state index in [4.69, 9.17) is 30.4 Å². The van der Waals surface area contributed by atoms with Crippen LogP contribution in [0, 0.1) is 0 Å². The van der Waals surface area contributed by atoms with E-state index in [-0.39, 0.29) is 23.8 Å². The van der Waals surface area contributed by atoms with Crippen molar-refractivity contribution in [1.29, 1.82) is 0 Å². The van der Waals surface area contributed by atoms with E-state index < -0.39 is 10.9 Å². The molecule has 0 unspecified atom stereocenters. The molecular weight excluding hydrogens is 667 g/mol. The fourth-order valence-corrected chi connectivity index (χ4v) is 13.3. The standard InChI is InChI=1S/C34H33P3.3ClH.Co/c1-6-16-30(17-7-1)35(26-28-36(31-18-8-2-9-19-31)32-20-10-3-11-21-32)27-29-37(33-22-12-4-13-23-33)34-24-14-5-15-25-34;;;;/h1-25H,26-29H2;3*1H;/q;;;;+3/p-3. The molecule has 0 saturated heterocycles. The molecule has 5 aromatic carbocycles. The molecule has 0 bridgehead atoms. The van der Waals surface area contributed by atoms with E-state index >= 15 is 0 Å². The van der Waals surface area contributed by atoms with Crippen molar-refractivity contribution < 1.29 is 10.9 Å². The number of benzene rings is 5. The third kappa shape index (κ3) is 11.1. The van der Waals surface area contributed by atoms with Crippen LogP contribution in [0.2, 0.25) is 0 Å². The van der Waals surface area contributed by atoms with Crippen molar-refractivity contribution in [2.24, 2.45) is 0 Å². The Balaban J connectivity index is 0.000000909. The third-order valence-electron chi connectivity index (χ3n) is 6.58. The van der Waals surface area contributed by atoms with Crippen molar-refractivity contribution in [1.82, 2.24) is 0 Å². The summed E-state index contributed by atoms with van der Waals surface area (Å²) in [5.74, 6) is 0. The fourth-order valence-electron chi connectivity index (χ4n) is 4.70. The van der Waals surface area contributed by atoms with Gasteiger partial charge in [0.25, 0.3) is 0 Å². The van der Waals surface area contributed by atoms with Gasteiger partial charge in [0.1, 0.15) is 0 Å². The Morgan fingerprint density at radius 3 is 0.805 bits per heavy atom. The summed E-state index contributed by atoms with van der Waals surface area (Å²) in [6, 6.07) is 56.0. The van der Waals surface area contributed by atoms with E-state index in [1.807, 2.05) is 0 Å². The average Bonchev–Trinajstić information content (AvgIpc) is 3.02. The summed E-state index contributed by atoms with van der Waals surface area (Å²) in [4.78, 5) is 0. The predicted molar refractivity (Wildman–Crippen MR) is 188 cm³/mol. The molecule has 0 radical (unpaired) electrons. The van der Waals surface area contributed by atoms with Crippen molar-refractivity contribution in [3.8, 4) is 0 Å². The van der Waals surface area contributed by atoms with Gasteiger partial charge in [-0.1, -0.05) is 160 Å². The first-order valence-electron chi connectivity index (χ1n) is 13.3. The SMILES string of the molecule is [Cl][Co]([Cl])[Cl].c1ccc(P(CCP(c2ccccc2)c2ccccc2)CCP(c2ccccc2)c2ccccc2)cc1. The summed E-state index contributed by atoms with van der Waals surface area (Å²) >= 11 is 0. The van der Waals surface area contributed by atoms with Crippen LogP contribution in [0.25, 0.3) is 0 Å². The van der Waals surface area contributed by atoms with Crippen LogP contribution in [0.1, 0.15) is 0 Å². The number of hydrogen-bond acceptors (Lipinski definition) is 0. The molecule has 0 atom stereocenters. The normalized spacial score (nSPS) is 11.3. The molecular formula is C34H33Cl3CoP3. The Bertz CT molecular complexity index is 1210. The second kappa shape index (κ2) is 18.4. The van der Waals surface area contributed by atoms with Crippen LogP contribution in [0.5, 0.6) is 0 Å². The van der Waals surface area contributed by atoms with Crippen LogP contribution in [0.15, 0.2) is 152 Å². The molecule has 214 valence electrons. The van der Waals surface area contributed by atoms with E-state index in [0.717, 1.165) is 0 Å². The minimum Gasteiger partial charge on any atom is -0.0746 e. The Labute approximate surface area is 266 Å². The van der Waals surface area contributed by atoms with E-state index in [2.05, 4.69) is 152 Å². The molecule has 0 fully saturated rings. The van der Waals surface area contributed by atoms with Gasteiger partial charge < -0.3 is 0 Å². The van der Waals surface area contributed by atoms with Crippen molar-refractivity contribution in [3.05, 3.63) is 152 Å². The molecule has 0 amide bonds. The number of halogens is 3. The predicted octanol–water partition coefficient (Wildman–Crippen LogP) is 9.13. The second-order valence-corrected chi connectivity index (χ2v) is 21.4. The zero-order valence-electron chi connectivity index (χ0n) is 22.6. The summed E-state index contributed by atoms with van der Waals surface area (Å²) in [7, 11) is 12.4. The maximum Gasteiger partial charge on any atom is -0.0195 e. The van der Waals surface area contributed by atoms with Crippen LogP contribution in [0.4, 0.5) is 0 Å². The van der Waals surface area contributed by atoms with Gasteiger partial charge in [0, 0.05) is 0 Å². The van der Waals surface area contributed by atoms with E-state index in [9.17, 15) is 0 Å². The maximum atomic E-state index is 4.87. The zero-order chi connectivity index (χ0) is 28.7. The van der Waals surface area contributed by atoms with Crippen LogP contribution < -0.4 is 26.5 Å². The molecule has 0 aliphatic carbocycles. The van der Waals surface area contributed by atoms with Gasteiger partial charge in [-0.2, -0.15) is 0 Å². The van der Waals surface area contributed by atoms with Crippen molar-refractivity contribution >= 4 is 80.7 Å². The Hall–Kier alpha value is -1.23. The molecule has 5 rings (SSSR count). The van der Waals surface area contributed by atoms with Crippen molar-refractivity contribution in [2.75, 3.05) is 24.6 Å². The summed E-state index contributed by atoms with van der Waals surface area (Å²) in [6.07, 6.45) is 5.00. The van der Waals surface area contributed by atoms with Gasteiger partial charge in [-0.05, 0) is 67.0 Å². The van der Waals surface area contributed by atoms with Gasteiger partial charge in [0.15, 0.2) is 0 Å². The molecule has 0 nitrogen and oxygen atoms in total. The van der Waals surface area contributed by atoms with Crippen LogP contribution in [-0.2, 0) is 10.9 Å². The first kappa shape index (κ1) is 32.7. The van der Waals surface area contributed by atoms with E-state index in [1.54, 1.807) is 5.30 Å². The molecule has 0 aromatic heterocycles. The van der Waals surface area contributed by atoms with E-state index in [1.165, 1.54) is 45.9 Å². The molecule has 7 heteroatoms. The molecule has 0 aliphatic rings. The maximum absolute atomic E-state index is 4.87. The minimum absolute atomic E-state index is 0.250. The van der Waals surface area contributed by atoms with Gasteiger partial charge >= 0.3 is 41.4 Å². The summed E-state index contributed by atoms with van der Waals surface area (Å²) in [5, 5.41) is 7.50. The minimum atomic E-state index is -1.19. The van der Waals surface area contributed by atoms with Gasteiger partial charge in [-0.15, -0.1) is 0 Å². The quantitative estimate of drug-likeness (QED) is 0.121. The third-order valence-corrected chi connectivity index (χ3v) is 14.9. The first-order valence-corrected chi connectivity index (χ1v) is 22.4. The van der Waals surface area contributed by atoms with Crippen LogP contribution in [-0.4, -0.2) is 24.6 Å². The number of rotatable bonds is 11. The molecule has 0 aliphatic heterocycles. The summed E-state index contributed by atoms with van der Waals surface area (Å²) < 4.78 is 0. The van der Waals surface area contributed by atoms with Gasteiger partial charge in [-0.25, -0.2) is 0 Å². The molecule has 41 heavy (non-hydrogen) atoms. The Kier molecular flexibility index (Phi) is 14.7. The second-order valence-electron chi connectivity index (χ2n) is 9.11. The summed E-state index contributed by atoms with van der Waals surface area (Å²) in [5.41, 5.74) is 0. The molecule has 0 spiro atoms. The van der Waals surface area contributed by atoms with E-state index in [0.29, 0.717) is 0 Å². The Morgan fingerprint density at radius 1 is 0.341 bits per heavy atom. The van der Waals surface area contributed by atoms with Gasteiger partial charge in [0.2, 0.25) is 0 Å². The first-order chi connectivity index (χ1) is 20.1. The average molecular weight is 700 g/mol. The molecule has 0 heterocycles. The van der Waals surface area contributed by atoms with Crippen molar-refractivity contribution in [3.63, 3.8) is 0 Å². The monoisotopic (exact) mass is 698 g/mol. The number of hydrogen-bond donors (Lipinski definition) is 0. The fraction of sp³-hybridized carbons (Fsp3) is 0.118. The van der Waals surface area contributed by atoms with Crippen molar-refractivity contribution in [2.45, 2.75) is 0 Å². The van der Waals surface area contributed by atoms with Gasteiger partial charge in [-0.3, -0.25) is 0 Å². The Morgan fingerprint density at radius 2 is 0.561 bits per heavy atom. The zero-order valence-corrected chi connectivity index (χ0v) is 28.6. The van der Waals surface area contributed by atoms with Crippen LogP contribution >= 0.6 is 54.2 Å². The molecule has 0 saturated carbocycles.